The van der Waals surface area contributed by atoms with Crippen molar-refractivity contribution < 1.29 is 14.9 Å². The van der Waals surface area contributed by atoms with Gasteiger partial charge in [-0.1, -0.05) is 18.9 Å². The number of methoxy groups -OCH3 is 1. The van der Waals surface area contributed by atoms with Crippen molar-refractivity contribution in [3.63, 3.8) is 0 Å². The molecule has 116 valence electrons. The van der Waals surface area contributed by atoms with Crippen molar-refractivity contribution in [2.24, 2.45) is 5.92 Å². The maximum Gasteiger partial charge on any atom is 0.123 e. The number of rotatable bonds is 3. The van der Waals surface area contributed by atoms with Gasteiger partial charge in [0, 0.05) is 37.2 Å². The number of aromatic hydroxyl groups is 1. The number of benzene rings is 1. The number of aliphatic hydroxyl groups is 1. The first kappa shape index (κ1) is 14.7. The van der Waals surface area contributed by atoms with Crippen molar-refractivity contribution in [2.45, 2.75) is 44.2 Å². The normalized spacial score (nSPS) is 29.9. The summed E-state index contributed by atoms with van der Waals surface area (Å²) in [6.45, 7) is 2.57. The molecule has 1 saturated carbocycles. The predicted octanol–water partition coefficient (Wildman–Crippen LogP) is 2.53. The van der Waals surface area contributed by atoms with Gasteiger partial charge in [0.15, 0.2) is 0 Å². The quantitative estimate of drug-likeness (QED) is 0.898. The lowest BCUT2D eigenvalue weighted by Crippen LogP contribution is -2.52. The second-order valence-electron chi connectivity index (χ2n) is 6.53. The highest BCUT2D eigenvalue weighted by Crippen LogP contribution is 2.40. The van der Waals surface area contributed by atoms with E-state index in [0.29, 0.717) is 17.4 Å². The molecule has 1 aliphatic carbocycles. The number of ether oxygens (including phenoxy) is 1. The van der Waals surface area contributed by atoms with Crippen LogP contribution < -0.4 is 4.74 Å². The van der Waals surface area contributed by atoms with Gasteiger partial charge < -0.3 is 14.9 Å². The molecule has 3 rings (SSSR count). The number of fused-ring (bicyclic) bond motifs is 1. The van der Waals surface area contributed by atoms with Gasteiger partial charge in [0.2, 0.25) is 0 Å². The molecular formula is C17H25NO3. The molecule has 1 heterocycles. The van der Waals surface area contributed by atoms with Crippen molar-refractivity contribution in [3.8, 4) is 11.5 Å². The van der Waals surface area contributed by atoms with Crippen molar-refractivity contribution in [1.29, 1.82) is 0 Å². The summed E-state index contributed by atoms with van der Waals surface area (Å²) in [6.07, 6.45) is 5.33. The smallest absolute Gasteiger partial charge is 0.123 e. The van der Waals surface area contributed by atoms with E-state index in [4.69, 9.17) is 4.74 Å². The second kappa shape index (κ2) is 5.85. The fourth-order valence-corrected chi connectivity index (χ4v) is 3.83. The molecule has 2 aliphatic rings. The molecule has 4 heteroatoms. The fourth-order valence-electron chi connectivity index (χ4n) is 3.83. The fraction of sp³-hybridized carbons (Fsp3) is 0.647. The van der Waals surface area contributed by atoms with E-state index in [1.807, 2.05) is 12.1 Å². The summed E-state index contributed by atoms with van der Waals surface area (Å²) in [5.74, 6) is 1.36. The summed E-state index contributed by atoms with van der Waals surface area (Å²) in [5.41, 5.74) is 0.494. The van der Waals surface area contributed by atoms with Crippen LogP contribution >= 0.6 is 0 Å². The largest absolute Gasteiger partial charge is 0.507 e. The molecule has 0 radical (unpaired) electrons. The molecule has 0 bridgehead atoms. The van der Waals surface area contributed by atoms with Gasteiger partial charge in [-0.25, -0.2) is 0 Å². The van der Waals surface area contributed by atoms with Crippen LogP contribution in [0.25, 0.3) is 0 Å². The zero-order valence-electron chi connectivity index (χ0n) is 12.7. The molecule has 21 heavy (non-hydrogen) atoms. The molecule has 0 aromatic heterocycles. The Labute approximate surface area is 126 Å². The summed E-state index contributed by atoms with van der Waals surface area (Å²) < 4.78 is 5.12. The van der Waals surface area contributed by atoms with Gasteiger partial charge in [0.1, 0.15) is 11.5 Å². The van der Waals surface area contributed by atoms with Gasteiger partial charge in [-0.3, -0.25) is 4.90 Å². The van der Waals surface area contributed by atoms with E-state index < -0.39 is 5.60 Å². The summed E-state index contributed by atoms with van der Waals surface area (Å²) in [6, 6.07) is 5.47. The number of hydrogen-bond acceptors (Lipinski definition) is 4. The topological polar surface area (TPSA) is 52.9 Å². The Morgan fingerprint density at radius 2 is 2.19 bits per heavy atom. The summed E-state index contributed by atoms with van der Waals surface area (Å²) in [7, 11) is 1.60. The highest BCUT2D eigenvalue weighted by atomic mass is 16.5. The third-order valence-electron chi connectivity index (χ3n) is 5.20. The molecular weight excluding hydrogens is 266 g/mol. The standard InChI is InChI=1S/C17H25NO3/c1-21-15-6-5-13(16(19)10-15)11-18-9-8-17(20)7-3-2-4-14(17)12-18/h5-6,10,14,19-20H,2-4,7-9,11-12H2,1H3. The van der Waals surface area contributed by atoms with Crippen LogP contribution in [0.3, 0.4) is 0 Å². The number of piperidine rings is 1. The van der Waals surface area contributed by atoms with Crippen LogP contribution in [0.4, 0.5) is 0 Å². The van der Waals surface area contributed by atoms with E-state index in [-0.39, 0.29) is 0 Å². The van der Waals surface area contributed by atoms with Gasteiger partial charge >= 0.3 is 0 Å². The number of hydrogen-bond donors (Lipinski definition) is 2. The molecule has 2 N–H and O–H groups in total. The zero-order valence-corrected chi connectivity index (χ0v) is 12.7. The molecule has 4 nitrogen and oxygen atoms in total. The molecule has 1 saturated heterocycles. The van der Waals surface area contributed by atoms with E-state index in [9.17, 15) is 10.2 Å². The van der Waals surface area contributed by atoms with E-state index in [1.165, 1.54) is 6.42 Å². The Balaban J connectivity index is 1.66. The minimum atomic E-state index is -0.434. The molecule has 1 aliphatic heterocycles. The Morgan fingerprint density at radius 3 is 2.95 bits per heavy atom. The van der Waals surface area contributed by atoms with Crippen molar-refractivity contribution in [3.05, 3.63) is 23.8 Å². The van der Waals surface area contributed by atoms with Crippen LogP contribution in [0.2, 0.25) is 0 Å². The van der Waals surface area contributed by atoms with E-state index >= 15 is 0 Å². The summed E-state index contributed by atoms with van der Waals surface area (Å²) in [5, 5.41) is 20.8. The van der Waals surface area contributed by atoms with Crippen molar-refractivity contribution >= 4 is 0 Å². The van der Waals surface area contributed by atoms with E-state index in [1.54, 1.807) is 13.2 Å². The maximum atomic E-state index is 10.7. The summed E-state index contributed by atoms with van der Waals surface area (Å²) in [4.78, 5) is 2.35. The SMILES string of the molecule is COc1ccc(CN2CCC3(O)CCCCC3C2)c(O)c1. The lowest BCUT2D eigenvalue weighted by molar-refractivity contribution is -0.0968. The van der Waals surface area contributed by atoms with Gasteiger partial charge in [0.05, 0.1) is 12.7 Å². The van der Waals surface area contributed by atoms with Gasteiger partial charge in [-0.2, -0.15) is 0 Å². The highest BCUT2D eigenvalue weighted by Gasteiger charge is 2.42. The molecule has 0 spiro atoms. The van der Waals surface area contributed by atoms with Crippen LogP contribution in [-0.2, 0) is 6.54 Å². The van der Waals surface area contributed by atoms with Crippen molar-refractivity contribution in [1.82, 2.24) is 4.90 Å². The number of phenols is 1. The second-order valence-corrected chi connectivity index (χ2v) is 6.53. The Morgan fingerprint density at radius 1 is 1.33 bits per heavy atom. The first-order chi connectivity index (χ1) is 10.1. The lowest BCUT2D eigenvalue weighted by Gasteiger charge is -2.47. The van der Waals surface area contributed by atoms with Gasteiger partial charge in [-0.05, 0) is 25.3 Å². The molecule has 1 aromatic rings. The zero-order chi connectivity index (χ0) is 14.9. The molecule has 2 unspecified atom stereocenters. The monoisotopic (exact) mass is 291 g/mol. The Bertz CT molecular complexity index is 505. The Hall–Kier alpha value is -1.26. The third kappa shape index (κ3) is 3.01. The third-order valence-corrected chi connectivity index (χ3v) is 5.20. The Kier molecular flexibility index (Phi) is 4.09. The summed E-state index contributed by atoms with van der Waals surface area (Å²) >= 11 is 0. The number of likely N-dealkylation sites (tertiary alicyclic amines) is 1. The molecule has 2 fully saturated rings. The average Bonchev–Trinajstić information content (AvgIpc) is 2.49. The highest BCUT2D eigenvalue weighted by molar-refractivity contribution is 5.39. The van der Waals surface area contributed by atoms with Gasteiger partial charge in [-0.15, -0.1) is 0 Å². The molecule has 1 aromatic carbocycles. The van der Waals surface area contributed by atoms with Crippen LogP contribution in [0, 0.1) is 5.92 Å². The number of phenolic OH excluding ortho intramolecular Hbond substituents is 1. The van der Waals surface area contributed by atoms with Gasteiger partial charge in [0.25, 0.3) is 0 Å². The number of nitrogens with zero attached hydrogens (tertiary/aromatic N) is 1. The minimum absolute atomic E-state index is 0.291. The predicted molar refractivity (Wildman–Crippen MR) is 81.5 cm³/mol. The first-order valence-electron chi connectivity index (χ1n) is 7.91. The van der Waals surface area contributed by atoms with Crippen LogP contribution in [0.5, 0.6) is 11.5 Å². The van der Waals surface area contributed by atoms with E-state index in [0.717, 1.165) is 50.9 Å². The first-order valence-corrected chi connectivity index (χ1v) is 7.91. The maximum absolute atomic E-state index is 10.7. The average molecular weight is 291 g/mol. The molecule has 0 amide bonds. The van der Waals surface area contributed by atoms with E-state index in [2.05, 4.69) is 4.90 Å². The van der Waals surface area contributed by atoms with Crippen molar-refractivity contribution in [2.75, 3.05) is 20.2 Å². The van der Waals surface area contributed by atoms with Crippen LogP contribution in [-0.4, -0.2) is 40.9 Å². The van der Waals surface area contributed by atoms with Crippen LogP contribution in [0.1, 0.15) is 37.7 Å². The molecule has 2 atom stereocenters. The van der Waals surface area contributed by atoms with Crippen LogP contribution in [0.15, 0.2) is 18.2 Å². The minimum Gasteiger partial charge on any atom is -0.507 e. The lowest BCUT2D eigenvalue weighted by atomic mass is 9.71.